The van der Waals surface area contributed by atoms with Crippen LogP contribution in [0.1, 0.15) is 119 Å². The van der Waals surface area contributed by atoms with E-state index in [2.05, 4.69) is 32.2 Å². The number of ether oxygens (including phenoxy) is 6. The molecule has 2 saturated heterocycles. The third-order valence-corrected chi connectivity index (χ3v) is 14.0. The summed E-state index contributed by atoms with van der Waals surface area (Å²) >= 11 is 0. The van der Waals surface area contributed by atoms with Gasteiger partial charge in [0, 0.05) is 64.2 Å². The first-order valence-electron chi connectivity index (χ1n) is 22.3. The molecule has 1 N–H and O–H groups in total. The van der Waals surface area contributed by atoms with Crippen molar-refractivity contribution in [1.29, 1.82) is 0 Å². The highest BCUT2D eigenvalue weighted by atomic mass is 16.7. The van der Waals surface area contributed by atoms with Gasteiger partial charge >= 0.3 is 23.9 Å². The average Bonchev–Trinajstić information content (AvgIpc) is 3.52. The standard InChI is InChI=1S/C49H60N2O12/c1-25-15-16-49(63-45(25)35-21-36(58-30(6)52)23-37(22-35)59-31(7)53)28(4)19-27(3)40(62-49)24-38-26(2)20-34-13-14-39(60-32(8)54)29(5)41(34)42(38)44(56)43-46(61-33(9)55)47(50-48(43)57)51-17-11-10-12-18-51/h10-12,17-18,20-23,25,27-29,34,38-42,45,47H,13-16,19,24H2,1-9H3/p+1/t25-,27-,28-,29?,34?,38+,39+,40+,41?,42-,45-,47?,49?/m0/s1. The van der Waals surface area contributed by atoms with E-state index < -0.39 is 71.6 Å². The van der Waals surface area contributed by atoms with Crippen molar-refractivity contribution < 1.29 is 61.8 Å². The van der Waals surface area contributed by atoms with Crippen LogP contribution in [0.5, 0.6) is 11.5 Å². The number of Topliss-reactive ketones (excluding diaryl/α,β-unsaturated/α-hetero) is 1. The summed E-state index contributed by atoms with van der Waals surface area (Å²) in [6, 6.07) is 10.4. The Balaban J connectivity index is 1.26. The molecule has 14 heteroatoms. The minimum Gasteiger partial charge on any atom is -0.462 e. The molecule has 0 radical (unpaired) electrons. The lowest BCUT2D eigenvalue weighted by Crippen LogP contribution is -2.56. The summed E-state index contributed by atoms with van der Waals surface area (Å²) in [5.74, 6) is -5.42. The third kappa shape index (κ3) is 9.52. The van der Waals surface area contributed by atoms with Gasteiger partial charge in [-0.05, 0) is 92.2 Å². The topological polar surface area (TPSA) is 174 Å². The lowest BCUT2D eigenvalue weighted by atomic mass is 9.55. The van der Waals surface area contributed by atoms with Gasteiger partial charge in [-0.2, -0.15) is 4.57 Å². The molecule has 2 aromatic rings. The lowest BCUT2D eigenvalue weighted by molar-refractivity contribution is -0.719. The van der Waals surface area contributed by atoms with Gasteiger partial charge < -0.3 is 28.4 Å². The SMILES string of the molecule is CC(=O)OC1=C(C(=O)[C@@H]2C3C(C=C(C)[C@H]2C[C@H]2OC4(CC[C@H](C)[C@@H](c5cc(OC(C)=O)cc(OC(C)=O)c5)O4)[C@@H](C)C[C@@H]2C)CC[C@@H](OC(C)=O)C3C)C(=O)NC1[n+]1ccccc1. The number of benzene rings is 1. The lowest BCUT2D eigenvalue weighted by Gasteiger charge is -2.54. The van der Waals surface area contributed by atoms with Crippen LogP contribution in [0.2, 0.25) is 0 Å². The molecule has 13 atom stereocenters. The van der Waals surface area contributed by atoms with Crippen LogP contribution < -0.4 is 19.4 Å². The number of carbonyl (C=O) groups excluding carboxylic acids is 6. The van der Waals surface area contributed by atoms with Gasteiger partial charge in [-0.3, -0.25) is 34.1 Å². The van der Waals surface area contributed by atoms with Gasteiger partial charge in [0.25, 0.3) is 12.1 Å². The number of allylic oxidation sites excluding steroid dienone is 2. The summed E-state index contributed by atoms with van der Waals surface area (Å²) in [6.45, 7) is 15.7. The number of esters is 4. The van der Waals surface area contributed by atoms with Crippen LogP contribution in [0, 0.1) is 47.3 Å². The van der Waals surface area contributed by atoms with E-state index in [0.717, 1.165) is 18.4 Å². The summed E-state index contributed by atoms with van der Waals surface area (Å²) in [5.41, 5.74) is 1.50. The zero-order valence-electron chi connectivity index (χ0n) is 37.7. The summed E-state index contributed by atoms with van der Waals surface area (Å²) in [6.07, 6.45) is 7.37. The number of aromatic nitrogens is 1. The number of ketones is 1. The number of amides is 1. The number of hydrogen-bond donors (Lipinski definition) is 1. The fourth-order valence-electron chi connectivity index (χ4n) is 11.2. The molecule has 1 aromatic heterocycles. The van der Waals surface area contributed by atoms with E-state index in [1.807, 2.05) is 19.9 Å². The van der Waals surface area contributed by atoms with E-state index in [4.69, 9.17) is 28.4 Å². The van der Waals surface area contributed by atoms with Gasteiger partial charge in [-0.25, -0.2) is 0 Å². The molecule has 7 rings (SSSR count). The molecular formula is C49H61N2O12+. The number of nitrogens with one attached hydrogen (secondary N) is 1. The summed E-state index contributed by atoms with van der Waals surface area (Å²) in [4.78, 5) is 78.7. The molecule has 63 heavy (non-hydrogen) atoms. The van der Waals surface area contributed by atoms with Gasteiger partial charge in [0.1, 0.15) is 23.2 Å². The smallest absolute Gasteiger partial charge is 0.308 e. The molecule has 3 aliphatic heterocycles. The van der Waals surface area contributed by atoms with Crippen LogP contribution in [0.15, 0.2) is 71.8 Å². The number of nitrogens with zero attached hydrogens (tertiary/aromatic N) is 1. The molecule has 0 bridgehead atoms. The molecule has 338 valence electrons. The Morgan fingerprint density at radius 1 is 0.810 bits per heavy atom. The molecule has 2 aliphatic carbocycles. The van der Waals surface area contributed by atoms with Crippen molar-refractivity contribution in [2.75, 3.05) is 0 Å². The van der Waals surface area contributed by atoms with E-state index >= 15 is 4.79 Å². The Morgan fingerprint density at radius 2 is 1.46 bits per heavy atom. The number of rotatable bonds is 10. The number of hydrogen-bond acceptors (Lipinski definition) is 12. The molecule has 4 heterocycles. The molecule has 5 aliphatic rings. The van der Waals surface area contributed by atoms with Gasteiger partial charge in [0.2, 0.25) is 5.76 Å². The highest BCUT2D eigenvalue weighted by Gasteiger charge is 2.56. The Bertz CT molecular complexity index is 2170. The minimum absolute atomic E-state index is 0.0255. The van der Waals surface area contributed by atoms with Crippen LogP contribution in [0.4, 0.5) is 0 Å². The highest BCUT2D eigenvalue weighted by molar-refractivity contribution is 6.22. The molecule has 1 amide bonds. The Hall–Kier alpha value is -5.21. The maximum Gasteiger partial charge on any atom is 0.308 e. The second kappa shape index (κ2) is 18.5. The normalized spacial score (nSPS) is 34.0. The van der Waals surface area contributed by atoms with Crippen molar-refractivity contribution in [3.8, 4) is 11.5 Å². The van der Waals surface area contributed by atoms with E-state index in [-0.39, 0.29) is 64.4 Å². The number of carbonyl (C=O) groups is 6. The number of pyridine rings is 1. The minimum atomic E-state index is -1.02. The Kier molecular flexibility index (Phi) is 13.4. The fourth-order valence-corrected chi connectivity index (χ4v) is 11.2. The molecule has 1 spiro atoms. The Labute approximate surface area is 369 Å². The average molecular weight is 870 g/mol. The highest BCUT2D eigenvalue weighted by Crippen LogP contribution is 2.55. The first kappa shape index (κ1) is 45.8. The quantitative estimate of drug-likeness (QED) is 0.0857. The largest absolute Gasteiger partial charge is 0.462 e. The van der Waals surface area contributed by atoms with Crippen LogP contribution in [-0.2, 0) is 47.7 Å². The fraction of sp³-hybridized carbons (Fsp3) is 0.571. The maximum absolute atomic E-state index is 15.6. The Morgan fingerprint density at radius 3 is 2.08 bits per heavy atom. The van der Waals surface area contributed by atoms with Crippen molar-refractivity contribution in [3.63, 3.8) is 0 Å². The van der Waals surface area contributed by atoms with Gasteiger partial charge in [0.05, 0.1) is 12.2 Å². The first-order valence-corrected chi connectivity index (χ1v) is 22.3. The molecule has 5 unspecified atom stereocenters. The van der Waals surface area contributed by atoms with Gasteiger partial charge in [0.15, 0.2) is 24.0 Å². The molecule has 14 nitrogen and oxygen atoms in total. The van der Waals surface area contributed by atoms with Crippen LogP contribution in [-0.4, -0.2) is 53.6 Å². The third-order valence-electron chi connectivity index (χ3n) is 14.0. The molecular weight excluding hydrogens is 809 g/mol. The van der Waals surface area contributed by atoms with Crippen molar-refractivity contribution in [2.24, 2.45) is 47.3 Å². The molecule has 3 fully saturated rings. The van der Waals surface area contributed by atoms with Crippen molar-refractivity contribution in [3.05, 3.63) is 77.3 Å². The second-order valence-corrected chi connectivity index (χ2v) is 18.6. The summed E-state index contributed by atoms with van der Waals surface area (Å²) in [7, 11) is 0. The predicted octanol–water partition coefficient (Wildman–Crippen LogP) is 6.96. The van der Waals surface area contributed by atoms with Crippen LogP contribution in [0.25, 0.3) is 0 Å². The zero-order valence-corrected chi connectivity index (χ0v) is 37.7. The summed E-state index contributed by atoms with van der Waals surface area (Å²) in [5, 5.41) is 2.90. The van der Waals surface area contributed by atoms with E-state index in [9.17, 15) is 24.0 Å². The van der Waals surface area contributed by atoms with Crippen molar-refractivity contribution in [1.82, 2.24) is 5.32 Å². The summed E-state index contributed by atoms with van der Waals surface area (Å²) < 4.78 is 38.6. The molecule has 1 saturated carbocycles. The number of fused-ring (bicyclic) bond motifs is 1. The predicted molar refractivity (Wildman–Crippen MR) is 226 cm³/mol. The van der Waals surface area contributed by atoms with Crippen LogP contribution in [0.3, 0.4) is 0 Å². The van der Waals surface area contributed by atoms with E-state index in [0.29, 0.717) is 31.2 Å². The zero-order chi connectivity index (χ0) is 45.5. The van der Waals surface area contributed by atoms with Crippen molar-refractivity contribution in [2.45, 2.75) is 131 Å². The maximum atomic E-state index is 15.6. The van der Waals surface area contributed by atoms with Crippen LogP contribution >= 0.6 is 0 Å². The van der Waals surface area contributed by atoms with Crippen molar-refractivity contribution >= 4 is 35.6 Å². The first-order chi connectivity index (χ1) is 29.8. The molecule has 1 aromatic carbocycles. The van der Waals surface area contributed by atoms with E-state index in [1.165, 1.54) is 33.8 Å². The monoisotopic (exact) mass is 869 g/mol. The van der Waals surface area contributed by atoms with Gasteiger partial charge in [-0.15, -0.1) is 0 Å². The van der Waals surface area contributed by atoms with Gasteiger partial charge in [-0.1, -0.05) is 45.4 Å². The van der Waals surface area contributed by atoms with E-state index in [1.54, 1.807) is 41.2 Å². The second-order valence-electron chi connectivity index (χ2n) is 18.6.